The maximum Gasteiger partial charge on any atom is 0.329 e. The summed E-state index contributed by atoms with van der Waals surface area (Å²) in [6.07, 6.45) is 3.45. The van der Waals surface area contributed by atoms with Crippen LogP contribution in [-0.2, 0) is 11.2 Å². The molecule has 1 aliphatic heterocycles. The second kappa shape index (κ2) is 7.60. The minimum Gasteiger partial charge on any atom is -0.373 e. The number of hydrogen-bond donors (Lipinski definition) is 2. The summed E-state index contributed by atoms with van der Waals surface area (Å²) >= 11 is 0. The molecular formula is C17H21FN4O3. The van der Waals surface area contributed by atoms with Crippen LogP contribution in [0, 0.1) is 5.82 Å². The molecular weight excluding hydrogens is 327 g/mol. The van der Waals surface area contributed by atoms with Crippen LogP contribution in [0.1, 0.15) is 37.6 Å². The van der Waals surface area contributed by atoms with Gasteiger partial charge in [0, 0.05) is 19.6 Å². The highest BCUT2D eigenvalue weighted by Crippen LogP contribution is 2.23. The van der Waals surface area contributed by atoms with E-state index >= 15 is 0 Å². The van der Waals surface area contributed by atoms with Gasteiger partial charge in [0.25, 0.3) is 0 Å². The van der Waals surface area contributed by atoms with E-state index in [9.17, 15) is 9.18 Å². The number of benzene rings is 1. The number of nitrogens with one attached hydrogen (secondary N) is 2. The van der Waals surface area contributed by atoms with Gasteiger partial charge in [-0.05, 0) is 43.9 Å². The molecule has 0 radical (unpaired) electrons. The number of aromatic nitrogens is 2. The van der Waals surface area contributed by atoms with Gasteiger partial charge in [0.1, 0.15) is 5.82 Å². The second-order valence-electron chi connectivity index (χ2n) is 6.38. The molecule has 0 aliphatic carbocycles. The Hall–Kier alpha value is -2.48. The normalized spacial score (nSPS) is 20.2. The van der Waals surface area contributed by atoms with Gasteiger partial charge in [0.2, 0.25) is 0 Å². The summed E-state index contributed by atoms with van der Waals surface area (Å²) in [5.74, 6) is 0.107. The lowest BCUT2D eigenvalue weighted by Gasteiger charge is -2.33. The maximum absolute atomic E-state index is 12.9. The van der Waals surface area contributed by atoms with Gasteiger partial charge in [-0.15, -0.1) is 0 Å². The van der Waals surface area contributed by atoms with Crippen molar-refractivity contribution in [3.63, 3.8) is 0 Å². The quantitative estimate of drug-likeness (QED) is 0.867. The fourth-order valence-electron chi connectivity index (χ4n) is 2.70. The summed E-state index contributed by atoms with van der Waals surface area (Å²) in [4.78, 5) is 16.1. The fourth-order valence-corrected chi connectivity index (χ4v) is 2.70. The van der Waals surface area contributed by atoms with Crippen LogP contribution in [0.2, 0.25) is 0 Å². The molecule has 3 rings (SSSR count). The first-order valence-electron chi connectivity index (χ1n) is 8.28. The molecule has 1 aromatic carbocycles. The number of nitrogens with zero attached hydrogens (tertiary/aromatic N) is 2. The average Bonchev–Trinajstić information content (AvgIpc) is 3.03. The summed E-state index contributed by atoms with van der Waals surface area (Å²) in [6, 6.07) is 5.63. The van der Waals surface area contributed by atoms with Gasteiger partial charge in [0.15, 0.2) is 5.82 Å². The summed E-state index contributed by atoms with van der Waals surface area (Å²) in [5, 5.41) is 9.07. The van der Waals surface area contributed by atoms with E-state index in [4.69, 9.17) is 9.26 Å². The Labute approximate surface area is 144 Å². The molecule has 2 amide bonds. The summed E-state index contributed by atoms with van der Waals surface area (Å²) in [7, 11) is 0. The van der Waals surface area contributed by atoms with Crippen LogP contribution >= 0.6 is 0 Å². The first-order valence-corrected chi connectivity index (χ1v) is 8.28. The van der Waals surface area contributed by atoms with Crippen molar-refractivity contribution in [2.75, 3.05) is 18.5 Å². The molecule has 1 unspecified atom stereocenters. The Morgan fingerprint density at radius 3 is 2.84 bits per heavy atom. The van der Waals surface area contributed by atoms with E-state index in [0.29, 0.717) is 18.8 Å². The van der Waals surface area contributed by atoms with Crippen molar-refractivity contribution >= 4 is 12.0 Å². The minimum absolute atomic E-state index is 0.0179. The molecule has 2 N–H and O–H groups in total. The highest BCUT2D eigenvalue weighted by Gasteiger charge is 2.28. The van der Waals surface area contributed by atoms with E-state index in [0.717, 1.165) is 31.4 Å². The second-order valence-corrected chi connectivity index (χ2v) is 6.38. The molecule has 2 heterocycles. The van der Waals surface area contributed by atoms with E-state index < -0.39 is 6.03 Å². The molecule has 1 aromatic heterocycles. The Morgan fingerprint density at radius 2 is 2.12 bits per heavy atom. The molecule has 1 aliphatic rings. The molecule has 0 bridgehead atoms. The van der Waals surface area contributed by atoms with E-state index in [1.54, 1.807) is 12.1 Å². The van der Waals surface area contributed by atoms with E-state index in [1.807, 2.05) is 6.92 Å². The van der Waals surface area contributed by atoms with Crippen LogP contribution in [0.15, 0.2) is 28.8 Å². The summed E-state index contributed by atoms with van der Waals surface area (Å²) in [6.45, 7) is 3.12. The fraction of sp³-hybridized carbons (Fsp3) is 0.471. The number of halogens is 1. The largest absolute Gasteiger partial charge is 0.373 e. The number of carbonyl (C=O) groups is 1. The third-order valence-corrected chi connectivity index (χ3v) is 4.14. The standard InChI is InChI=1S/C17H21FN4O3/c1-17(8-2-3-9-24-17)11-19-15(23)21-16-20-14(22-25-16)10-12-4-6-13(18)7-5-12/h4-7H,2-3,8-11H2,1H3,(H2,19,20,21,22,23). The van der Waals surface area contributed by atoms with E-state index in [1.165, 1.54) is 12.1 Å². The molecule has 25 heavy (non-hydrogen) atoms. The van der Waals surface area contributed by atoms with Crippen molar-refractivity contribution in [1.82, 2.24) is 15.5 Å². The van der Waals surface area contributed by atoms with Gasteiger partial charge >= 0.3 is 12.0 Å². The van der Waals surface area contributed by atoms with Gasteiger partial charge in [0.05, 0.1) is 5.60 Å². The van der Waals surface area contributed by atoms with Crippen molar-refractivity contribution in [2.45, 2.75) is 38.2 Å². The zero-order chi connectivity index (χ0) is 17.7. The molecule has 1 atom stereocenters. The number of ether oxygens (including phenoxy) is 1. The molecule has 0 spiro atoms. The van der Waals surface area contributed by atoms with Crippen LogP contribution < -0.4 is 10.6 Å². The SMILES string of the molecule is CC1(CNC(=O)Nc2nc(Cc3ccc(F)cc3)no2)CCCCO1. The van der Waals surface area contributed by atoms with Crippen molar-refractivity contribution < 1.29 is 18.4 Å². The number of carbonyl (C=O) groups excluding carboxylic acids is 1. The van der Waals surface area contributed by atoms with Crippen molar-refractivity contribution in [1.29, 1.82) is 0 Å². The van der Waals surface area contributed by atoms with Crippen LogP contribution in [0.25, 0.3) is 0 Å². The molecule has 2 aromatic rings. The average molecular weight is 348 g/mol. The Balaban J connectivity index is 1.48. The molecule has 1 saturated heterocycles. The molecule has 1 fully saturated rings. The van der Waals surface area contributed by atoms with Gasteiger partial charge in [-0.3, -0.25) is 5.32 Å². The summed E-state index contributed by atoms with van der Waals surface area (Å²) < 4.78 is 23.6. The molecule has 0 saturated carbocycles. The zero-order valence-corrected chi connectivity index (χ0v) is 14.0. The highest BCUT2D eigenvalue weighted by atomic mass is 19.1. The number of urea groups is 1. The Bertz CT molecular complexity index is 711. The highest BCUT2D eigenvalue weighted by molar-refractivity contribution is 5.86. The Kier molecular flexibility index (Phi) is 5.28. The first kappa shape index (κ1) is 17.3. The number of amides is 2. The predicted molar refractivity (Wildman–Crippen MR) is 88.7 cm³/mol. The predicted octanol–water partition coefficient (Wildman–Crippen LogP) is 2.88. The smallest absolute Gasteiger partial charge is 0.329 e. The van der Waals surface area contributed by atoms with Crippen LogP contribution in [0.5, 0.6) is 0 Å². The lowest BCUT2D eigenvalue weighted by atomic mass is 9.96. The maximum atomic E-state index is 12.9. The van der Waals surface area contributed by atoms with Gasteiger partial charge in [-0.1, -0.05) is 17.3 Å². The van der Waals surface area contributed by atoms with E-state index in [-0.39, 0.29) is 17.4 Å². The van der Waals surface area contributed by atoms with Gasteiger partial charge in [-0.2, -0.15) is 4.98 Å². The molecule has 134 valence electrons. The number of hydrogen-bond acceptors (Lipinski definition) is 5. The van der Waals surface area contributed by atoms with Crippen molar-refractivity contribution in [3.8, 4) is 0 Å². The third kappa shape index (κ3) is 4.99. The lowest BCUT2D eigenvalue weighted by Crippen LogP contribution is -2.45. The van der Waals surface area contributed by atoms with Crippen LogP contribution in [-0.4, -0.2) is 34.9 Å². The molecule has 8 heteroatoms. The topological polar surface area (TPSA) is 89.3 Å². The monoisotopic (exact) mass is 348 g/mol. The number of rotatable bonds is 5. The van der Waals surface area contributed by atoms with Crippen molar-refractivity contribution in [3.05, 3.63) is 41.5 Å². The lowest BCUT2D eigenvalue weighted by molar-refractivity contribution is -0.0612. The zero-order valence-electron chi connectivity index (χ0n) is 14.0. The van der Waals surface area contributed by atoms with E-state index in [2.05, 4.69) is 20.8 Å². The number of anilines is 1. The summed E-state index contributed by atoms with van der Waals surface area (Å²) in [5.41, 5.74) is 0.513. The Morgan fingerprint density at radius 1 is 1.32 bits per heavy atom. The van der Waals surface area contributed by atoms with Crippen LogP contribution in [0.4, 0.5) is 15.2 Å². The first-order chi connectivity index (χ1) is 12.0. The van der Waals surface area contributed by atoms with Crippen LogP contribution in [0.3, 0.4) is 0 Å². The molecule has 7 nitrogen and oxygen atoms in total. The van der Waals surface area contributed by atoms with Gasteiger partial charge < -0.3 is 14.6 Å². The third-order valence-electron chi connectivity index (χ3n) is 4.14. The minimum atomic E-state index is -0.424. The van der Waals surface area contributed by atoms with Crippen molar-refractivity contribution in [2.24, 2.45) is 0 Å². The van der Waals surface area contributed by atoms with Gasteiger partial charge in [-0.25, -0.2) is 9.18 Å².